The second kappa shape index (κ2) is 9.83. The van der Waals surface area contributed by atoms with Gasteiger partial charge in [0.25, 0.3) is 0 Å². The molecule has 0 spiro atoms. The molecule has 3 atom stereocenters. The molecule has 2 fully saturated rings. The van der Waals surface area contributed by atoms with Crippen LogP contribution >= 0.6 is 0 Å². The highest BCUT2D eigenvalue weighted by atomic mass is 19.4. The van der Waals surface area contributed by atoms with Crippen molar-refractivity contribution in [3.05, 3.63) is 52.7 Å². The molecule has 1 aromatic heterocycles. The van der Waals surface area contributed by atoms with Gasteiger partial charge >= 0.3 is 6.18 Å². The summed E-state index contributed by atoms with van der Waals surface area (Å²) in [6.07, 6.45) is -1.34. The minimum Gasteiger partial charge on any atom is -0.387 e. The van der Waals surface area contributed by atoms with Gasteiger partial charge in [0, 0.05) is 44.3 Å². The first-order chi connectivity index (χ1) is 17.5. The van der Waals surface area contributed by atoms with Crippen molar-refractivity contribution < 1.29 is 27.5 Å². The summed E-state index contributed by atoms with van der Waals surface area (Å²) in [5.41, 5.74) is 0.521. The Morgan fingerprint density at radius 3 is 2.51 bits per heavy atom. The Labute approximate surface area is 213 Å². The van der Waals surface area contributed by atoms with Crippen molar-refractivity contribution in [1.29, 1.82) is 0 Å². The molecule has 1 aliphatic heterocycles. The molecule has 3 aliphatic rings. The van der Waals surface area contributed by atoms with Crippen LogP contribution in [0.1, 0.15) is 66.5 Å². The first kappa shape index (κ1) is 25.8. The number of likely N-dealkylation sites (N-methyl/N-ethyl adjacent to an activating group) is 1. The number of alkyl halides is 3. The van der Waals surface area contributed by atoms with Gasteiger partial charge in [0.15, 0.2) is 0 Å². The maximum atomic E-state index is 14.4. The Morgan fingerprint density at radius 2 is 1.89 bits per heavy atom. The number of aromatic nitrogens is 2. The van der Waals surface area contributed by atoms with Crippen LogP contribution in [0, 0.1) is 5.82 Å². The second-order valence-electron chi connectivity index (χ2n) is 10.4. The van der Waals surface area contributed by atoms with Crippen LogP contribution < -0.4 is 4.90 Å². The lowest BCUT2D eigenvalue weighted by Gasteiger charge is -2.38. The van der Waals surface area contributed by atoms with Crippen molar-refractivity contribution in [2.75, 3.05) is 44.7 Å². The molecule has 1 saturated carbocycles. The highest BCUT2D eigenvalue weighted by molar-refractivity contribution is 5.84. The number of anilines is 1. The van der Waals surface area contributed by atoms with Gasteiger partial charge in [0.05, 0.1) is 23.3 Å². The molecule has 2 heterocycles. The lowest BCUT2D eigenvalue weighted by molar-refractivity contribution is -0.140. The number of hydrogen-bond acceptors (Lipinski definition) is 6. The van der Waals surface area contributed by atoms with Crippen LogP contribution in [-0.4, -0.2) is 76.6 Å². The maximum absolute atomic E-state index is 14.4. The SMILES string of the molecule is C[C@@H]1C[C@@H](O)c2ncnc(N3CCN(C(=O)[C@H](CN(C)C4CC4)c4ccc(C(F)(F)F)c(F)c4)CC3)c21. The zero-order chi connectivity index (χ0) is 26.5. The van der Waals surface area contributed by atoms with Gasteiger partial charge in [-0.2, -0.15) is 13.2 Å². The molecule has 2 aromatic rings. The number of benzene rings is 1. The molecular weight excluding hydrogens is 490 g/mol. The third kappa shape index (κ3) is 5.16. The quantitative estimate of drug-likeness (QED) is 0.585. The molecule has 1 N–H and O–H groups in total. The Balaban J connectivity index is 1.34. The molecule has 0 radical (unpaired) electrons. The number of amides is 1. The second-order valence-corrected chi connectivity index (χ2v) is 10.4. The van der Waals surface area contributed by atoms with Crippen molar-refractivity contribution in [3.8, 4) is 0 Å². The molecular formula is C26H31F4N5O2. The maximum Gasteiger partial charge on any atom is 0.419 e. The molecule has 5 rings (SSSR count). The van der Waals surface area contributed by atoms with E-state index in [4.69, 9.17) is 0 Å². The number of carbonyl (C=O) groups is 1. The third-order valence-corrected chi connectivity index (χ3v) is 7.81. The molecule has 200 valence electrons. The lowest BCUT2D eigenvalue weighted by Crippen LogP contribution is -2.51. The molecule has 2 aliphatic carbocycles. The summed E-state index contributed by atoms with van der Waals surface area (Å²) in [7, 11) is 1.89. The molecule has 1 amide bonds. The third-order valence-electron chi connectivity index (χ3n) is 7.81. The van der Waals surface area contributed by atoms with Crippen LogP contribution in [0.5, 0.6) is 0 Å². The standard InChI is InChI=1S/C26H31F4N5O2/c1-15-11-21(36)23-22(15)24(32-14-31-23)34-7-9-35(10-8-34)25(37)18(13-33(2)17-4-5-17)16-3-6-19(20(27)12-16)26(28,29)30/h3,6,12,14-15,17-18,21,36H,4-5,7-11,13H2,1-2H3/t15-,18-,21-/m1/s1. The van der Waals surface area contributed by atoms with Crippen molar-refractivity contribution in [2.45, 2.75) is 56.3 Å². The number of nitrogens with zero attached hydrogens (tertiary/aromatic N) is 5. The number of aliphatic hydroxyl groups excluding tert-OH is 1. The van der Waals surface area contributed by atoms with Gasteiger partial charge in [0.2, 0.25) is 5.91 Å². The van der Waals surface area contributed by atoms with Gasteiger partial charge in [-0.25, -0.2) is 14.4 Å². The van der Waals surface area contributed by atoms with Crippen molar-refractivity contribution in [3.63, 3.8) is 0 Å². The topological polar surface area (TPSA) is 72.8 Å². The number of carbonyl (C=O) groups excluding carboxylic acids is 1. The number of hydrogen-bond donors (Lipinski definition) is 1. The van der Waals surface area contributed by atoms with E-state index in [1.807, 2.05) is 18.9 Å². The fourth-order valence-electron chi connectivity index (χ4n) is 5.57. The van der Waals surface area contributed by atoms with E-state index in [1.165, 1.54) is 12.4 Å². The molecule has 0 unspecified atom stereocenters. The van der Waals surface area contributed by atoms with E-state index in [-0.39, 0.29) is 17.4 Å². The first-order valence-corrected chi connectivity index (χ1v) is 12.7. The summed E-state index contributed by atoms with van der Waals surface area (Å²) < 4.78 is 53.8. The van der Waals surface area contributed by atoms with Crippen LogP contribution in [0.4, 0.5) is 23.4 Å². The number of rotatable bonds is 6. The number of fused-ring (bicyclic) bond motifs is 1. The minimum atomic E-state index is -4.79. The highest BCUT2D eigenvalue weighted by Gasteiger charge is 2.38. The molecule has 1 aromatic carbocycles. The summed E-state index contributed by atoms with van der Waals surface area (Å²) in [6, 6.07) is 3.15. The van der Waals surface area contributed by atoms with Gasteiger partial charge in [-0.1, -0.05) is 13.0 Å². The molecule has 7 nitrogen and oxygen atoms in total. The summed E-state index contributed by atoms with van der Waals surface area (Å²) in [5.74, 6) is -1.46. The largest absolute Gasteiger partial charge is 0.419 e. The van der Waals surface area contributed by atoms with Gasteiger partial charge < -0.3 is 19.8 Å². The lowest BCUT2D eigenvalue weighted by atomic mass is 9.94. The number of halogens is 4. The summed E-state index contributed by atoms with van der Waals surface area (Å²) in [4.78, 5) is 28.2. The van der Waals surface area contributed by atoms with Gasteiger partial charge in [-0.05, 0) is 49.9 Å². The Morgan fingerprint density at radius 1 is 1.19 bits per heavy atom. The molecule has 0 bridgehead atoms. The fraction of sp³-hybridized carbons (Fsp3) is 0.577. The number of aliphatic hydroxyl groups is 1. The van der Waals surface area contributed by atoms with Crippen LogP contribution in [-0.2, 0) is 11.0 Å². The Hall–Kier alpha value is -2.79. The van der Waals surface area contributed by atoms with Crippen LogP contribution in [0.15, 0.2) is 24.5 Å². The van der Waals surface area contributed by atoms with Gasteiger partial charge in [-0.3, -0.25) is 4.79 Å². The molecule has 37 heavy (non-hydrogen) atoms. The van der Waals surface area contributed by atoms with E-state index >= 15 is 0 Å². The molecule has 11 heteroatoms. The van der Waals surface area contributed by atoms with Crippen LogP contribution in [0.25, 0.3) is 0 Å². The predicted molar refractivity (Wildman–Crippen MR) is 129 cm³/mol. The zero-order valence-electron chi connectivity index (χ0n) is 20.9. The number of piperazine rings is 1. The minimum absolute atomic E-state index is 0.123. The monoisotopic (exact) mass is 521 g/mol. The molecule has 1 saturated heterocycles. The van der Waals surface area contributed by atoms with Gasteiger partial charge in [-0.15, -0.1) is 0 Å². The van der Waals surface area contributed by atoms with E-state index in [2.05, 4.69) is 14.9 Å². The van der Waals surface area contributed by atoms with E-state index in [9.17, 15) is 27.5 Å². The van der Waals surface area contributed by atoms with Crippen LogP contribution in [0.3, 0.4) is 0 Å². The van der Waals surface area contributed by atoms with E-state index < -0.39 is 29.6 Å². The van der Waals surface area contributed by atoms with E-state index in [1.54, 1.807) is 4.90 Å². The van der Waals surface area contributed by atoms with Crippen molar-refractivity contribution in [2.24, 2.45) is 0 Å². The predicted octanol–water partition coefficient (Wildman–Crippen LogP) is 3.70. The normalized spacial score (nSPS) is 22.9. The van der Waals surface area contributed by atoms with E-state index in [0.29, 0.717) is 50.9 Å². The average Bonchev–Trinajstić information content (AvgIpc) is 3.67. The Kier molecular flexibility index (Phi) is 6.86. The zero-order valence-corrected chi connectivity index (χ0v) is 20.9. The van der Waals surface area contributed by atoms with E-state index in [0.717, 1.165) is 36.4 Å². The van der Waals surface area contributed by atoms with Crippen molar-refractivity contribution in [1.82, 2.24) is 19.8 Å². The van der Waals surface area contributed by atoms with Gasteiger partial charge in [0.1, 0.15) is 18.0 Å². The average molecular weight is 522 g/mol. The smallest absolute Gasteiger partial charge is 0.387 e. The first-order valence-electron chi connectivity index (χ1n) is 12.7. The fourth-order valence-corrected chi connectivity index (χ4v) is 5.57. The van der Waals surface area contributed by atoms with Crippen molar-refractivity contribution >= 4 is 11.7 Å². The van der Waals surface area contributed by atoms with Crippen LogP contribution in [0.2, 0.25) is 0 Å². The highest BCUT2D eigenvalue weighted by Crippen LogP contribution is 2.43. The summed E-state index contributed by atoms with van der Waals surface area (Å²) >= 11 is 0. The summed E-state index contributed by atoms with van der Waals surface area (Å²) in [6.45, 7) is 4.19. The summed E-state index contributed by atoms with van der Waals surface area (Å²) in [5, 5.41) is 10.3. The Bertz CT molecular complexity index is 1160.